The molecule has 2 amide bonds. The van der Waals surface area contributed by atoms with Gasteiger partial charge in [-0.05, 0) is 48.5 Å². The summed E-state index contributed by atoms with van der Waals surface area (Å²) >= 11 is 0. The molecule has 1 aliphatic carbocycles. The van der Waals surface area contributed by atoms with E-state index < -0.39 is 46.9 Å². The van der Waals surface area contributed by atoms with Crippen molar-refractivity contribution in [2.75, 3.05) is 20.8 Å². The molecule has 1 aliphatic rings. The van der Waals surface area contributed by atoms with Gasteiger partial charge in [-0.15, -0.1) is 0 Å². The molecule has 32 heavy (non-hydrogen) atoms. The van der Waals surface area contributed by atoms with Gasteiger partial charge in [-0.1, -0.05) is 0 Å². The SMILES string of the molecule is COC1=CC(=O)C(OC)=C(CNC(=O)[C@@H](NC(=O)OC(C)(C)C)[C@@H](C)OC(C)(C)C)C1=O. The largest absolute Gasteiger partial charge is 0.492 e. The van der Waals surface area contributed by atoms with Crippen LogP contribution in [0.15, 0.2) is 23.2 Å². The second kappa shape index (κ2) is 10.6. The molecule has 0 bridgehead atoms. The van der Waals surface area contributed by atoms with Crippen LogP contribution in [-0.2, 0) is 33.3 Å². The van der Waals surface area contributed by atoms with Crippen LogP contribution in [0, 0.1) is 0 Å². The van der Waals surface area contributed by atoms with Crippen LogP contribution in [0.1, 0.15) is 48.5 Å². The van der Waals surface area contributed by atoms with Gasteiger partial charge in [0.2, 0.25) is 17.5 Å². The summed E-state index contributed by atoms with van der Waals surface area (Å²) in [7, 11) is 2.51. The van der Waals surface area contributed by atoms with Crippen molar-refractivity contribution in [3.8, 4) is 0 Å². The molecule has 0 fully saturated rings. The number of ether oxygens (including phenoxy) is 4. The summed E-state index contributed by atoms with van der Waals surface area (Å²) in [6, 6.07) is -1.14. The van der Waals surface area contributed by atoms with E-state index >= 15 is 0 Å². The smallest absolute Gasteiger partial charge is 0.408 e. The van der Waals surface area contributed by atoms with E-state index in [9.17, 15) is 19.2 Å². The summed E-state index contributed by atoms with van der Waals surface area (Å²) in [6.07, 6.45) is -0.512. The third kappa shape index (κ3) is 7.99. The lowest BCUT2D eigenvalue weighted by Crippen LogP contribution is -2.55. The van der Waals surface area contributed by atoms with Crippen molar-refractivity contribution in [3.63, 3.8) is 0 Å². The van der Waals surface area contributed by atoms with Gasteiger partial charge in [0, 0.05) is 6.08 Å². The second-order valence-corrected chi connectivity index (χ2v) is 9.19. The molecular weight excluding hydrogens is 420 g/mol. The normalized spacial score (nSPS) is 16.7. The number of Topliss-reactive ketones (excluding diaryl/α,β-unsaturated/α-hetero) is 1. The van der Waals surface area contributed by atoms with Crippen LogP contribution in [0.4, 0.5) is 4.79 Å². The number of amides is 2. The highest BCUT2D eigenvalue weighted by molar-refractivity contribution is 6.21. The fraction of sp³-hybridized carbons (Fsp3) is 0.636. The van der Waals surface area contributed by atoms with E-state index in [1.807, 2.05) is 20.8 Å². The second-order valence-electron chi connectivity index (χ2n) is 9.19. The number of rotatable bonds is 8. The standard InChI is InChI=1S/C22H34N2O8/c1-12(31-21(2,3)4)16(24-20(28)32-22(5,6)7)19(27)23-11-13-17(26)15(29-8)10-14(25)18(13)30-9/h10,12,16H,11H2,1-9H3,(H,23,27)(H,24,28)/t12-,16+/m1/s1. The molecule has 2 N–H and O–H groups in total. The predicted molar refractivity (Wildman–Crippen MR) is 116 cm³/mol. The number of carbonyl (C=O) groups excluding carboxylic acids is 4. The Bertz CT molecular complexity index is 815. The van der Waals surface area contributed by atoms with Crippen molar-refractivity contribution in [1.29, 1.82) is 0 Å². The van der Waals surface area contributed by atoms with Crippen LogP contribution >= 0.6 is 0 Å². The monoisotopic (exact) mass is 454 g/mol. The highest BCUT2D eigenvalue weighted by Crippen LogP contribution is 2.20. The Kier molecular flexibility index (Phi) is 9.02. The number of allylic oxidation sites excluding steroid dienone is 2. The van der Waals surface area contributed by atoms with Gasteiger partial charge in [0.25, 0.3) is 0 Å². The van der Waals surface area contributed by atoms with Crippen LogP contribution in [0.3, 0.4) is 0 Å². The van der Waals surface area contributed by atoms with E-state index in [1.165, 1.54) is 14.2 Å². The first-order valence-corrected chi connectivity index (χ1v) is 10.2. The van der Waals surface area contributed by atoms with Gasteiger partial charge in [-0.2, -0.15) is 0 Å². The van der Waals surface area contributed by atoms with Crippen molar-refractivity contribution in [1.82, 2.24) is 10.6 Å². The van der Waals surface area contributed by atoms with Gasteiger partial charge in [-0.3, -0.25) is 14.4 Å². The van der Waals surface area contributed by atoms with Crippen LogP contribution in [0.5, 0.6) is 0 Å². The number of hydrogen-bond acceptors (Lipinski definition) is 8. The first-order valence-electron chi connectivity index (χ1n) is 10.2. The summed E-state index contributed by atoms with van der Waals surface area (Å²) in [5, 5.41) is 5.08. The highest BCUT2D eigenvalue weighted by atomic mass is 16.6. The van der Waals surface area contributed by atoms with E-state index in [-0.39, 0.29) is 23.6 Å². The first kappa shape index (κ1) is 27.2. The molecule has 0 saturated carbocycles. The number of ketones is 2. The molecule has 0 aliphatic heterocycles. The molecule has 0 saturated heterocycles. The topological polar surface area (TPSA) is 129 Å². The molecule has 10 heteroatoms. The van der Waals surface area contributed by atoms with Gasteiger partial charge >= 0.3 is 6.09 Å². The maximum absolute atomic E-state index is 13.0. The predicted octanol–water partition coefficient (Wildman–Crippen LogP) is 1.78. The van der Waals surface area contributed by atoms with Crippen molar-refractivity contribution < 1.29 is 38.1 Å². The van der Waals surface area contributed by atoms with Gasteiger partial charge in [0.1, 0.15) is 11.6 Å². The summed E-state index contributed by atoms with van der Waals surface area (Å²) in [6.45, 7) is 11.8. The van der Waals surface area contributed by atoms with Crippen molar-refractivity contribution in [2.45, 2.75) is 71.8 Å². The molecule has 0 aromatic carbocycles. The summed E-state index contributed by atoms with van der Waals surface area (Å²) in [4.78, 5) is 50.0. The molecule has 0 unspecified atom stereocenters. The van der Waals surface area contributed by atoms with E-state index in [1.54, 1.807) is 27.7 Å². The van der Waals surface area contributed by atoms with E-state index in [4.69, 9.17) is 18.9 Å². The van der Waals surface area contributed by atoms with Crippen LogP contribution in [0.2, 0.25) is 0 Å². The maximum atomic E-state index is 13.0. The highest BCUT2D eigenvalue weighted by Gasteiger charge is 2.34. The third-order valence-corrected chi connectivity index (χ3v) is 4.08. The van der Waals surface area contributed by atoms with Gasteiger partial charge in [-0.25, -0.2) is 4.79 Å². The van der Waals surface area contributed by atoms with Crippen molar-refractivity contribution in [2.24, 2.45) is 0 Å². The number of nitrogens with one attached hydrogen (secondary N) is 2. The van der Waals surface area contributed by atoms with E-state index in [2.05, 4.69) is 10.6 Å². The molecule has 2 atom stereocenters. The van der Waals surface area contributed by atoms with E-state index in [0.29, 0.717) is 0 Å². The molecule has 180 valence electrons. The summed E-state index contributed by atoms with van der Waals surface area (Å²) < 4.78 is 21.1. The van der Waals surface area contributed by atoms with Crippen LogP contribution in [0.25, 0.3) is 0 Å². The molecule has 0 aromatic rings. The zero-order valence-electron chi connectivity index (χ0n) is 20.2. The van der Waals surface area contributed by atoms with Crippen molar-refractivity contribution >= 4 is 23.6 Å². The van der Waals surface area contributed by atoms with Gasteiger partial charge < -0.3 is 29.6 Å². The minimum absolute atomic E-state index is 0.0642. The van der Waals surface area contributed by atoms with Gasteiger partial charge in [0.05, 0.1) is 38.0 Å². The first-order chi connectivity index (χ1) is 14.6. The maximum Gasteiger partial charge on any atom is 0.408 e. The fourth-order valence-electron chi connectivity index (χ4n) is 2.93. The third-order valence-electron chi connectivity index (χ3n) is 4.08. The molecule has 10 nitrogen and oxygen atoms in total. The Morgan fingerprint density at radius 3 is 2.06 bits per heavy atom. The molecule has 0 radical (unpaired) electrons. The molecule has 1 rings (SSSR count). The zero-order chi connectivity index (χ0) is 24.9. The Balaban J connectivity index is 3.07. The zero-order valence-corrected chi connectivity index (χ0v) is 20.2. The fourth-order valence-corrected chi connectivity index (χ4v) is 2.93. The Morgan fingerprint density at radius 1 is 1.00 bits per heavy atom. The minimum Gasteiger partial charge on any atom is -0.492 e. The number of carbonyl (C=O) groups is 4. The lowest BCUT2D eigenvalue weighted by Gasteiger charge is -2.31. The molecule has 0 aromatic heterocycles. The Hall–Kier alpha value is -2.88. The molecule has 0 heterocycles. The average molecular weight is 455 g/mol. The minimum atomic E-state index is -1.14. The average Bonchev–Trinajstić information content (AvgIpc) is 2.63. The molecule has 0 spiro atoms. The van der Waals surface area contributed by atoms with Gasteiger partial charge in [0.15, 0.2) is 11.5 Å². The lowest BCUT2D eigenvalue weighted by atomic mass is 9.99. The summed E-state index contributed by atoms with van der Waals surface area (Å²) in [5.41, 5.74) is -1.43. The Morgan fingerprint density at radius 2 is 1.59 bits per heavy atom. The molecular formula is C22H34N2O8. The van der Waals surface area contributed by atoms with Crippen LogP contribution < -0.4 is 10.6 Å². The quantitative estimate of drug-likeness (QED) is 0.531. The number of alkyl carbamates (subject to hydrolysis) is 1. The lowest BCUT2D eigenvalue weighted by molar-refractivity contribution is -0.131. The number of hydrogen-bond donors (Lipinski definition) is 2. The summed E-state index contributed by atoms with van der Waals surface area (Å²) in [5.74, 6) is -2.12. The number of methoxy groups -OCH3 is 2. The van der Waals surface area contributed by atoms with Crippen LogP contribution in [-0.4, -0.2) is 67.7 Å². The van der Waals surface area contributed by atoms with Crippen molar-refractivity contribution in [3.05, 3.63) is 23.2 Å². The van der Waals surface area contributed by atoms with E-state index in [0.717, 1.165) is 6.08 Å². The Labute approximate surface area is 188 Å².